The summed E-state index contributed by atoms with van der Waals surface area (Å²) >= 11 is 0. The number of carbonyl (C=O) groups is 1. The van der Waals surface area contributed by atoms with Crippen LogP contribution >= 0.6 is 0 Å². The molecule has 0 aliphatic carbocycles. The Morgan fingerprint density at radius 3 is 2.72 bits per heavy atom. The Labute approximate surface area is 107 Å². The molecule has 2 N–H and O–H groups in total. The third-order valence-corrected chi connectivity index (χ3v) is 5.16. The van der Waals surface area contributed by atoms with E-state index in [1.807, 2.05) is 13.0 Å². The van der Waals surface area contributed by atoms with Gasteiger partial charge in [-0.15, -0.1) is 0 Å². The highest BCUT2D eigenvalue weighted by molar-refractivity contribution is 7.93. The molecule has 0 bridgehead atoms. The van der Waals surface area contributed by atoms with Gasteiger partial charge in [-0.2, -0.15) is 0 Å². The summed E-state index contributed by atoms with van der Waals surface area (Å²) in [5.41, 5.74) is 1.32. The van der Waals surface area contributed by atoms with Gasteiger partial charge < -0.3 is 10.6 Å². The molecule has 0 fully saturated rings. The molecule has 1 amide bonds. The van der Waals surface area contributed by atoms with E-state index in [-0.39, 0.29) is 11.4 Å². The maximum absolute atomic E-state index is 12.4. The molecule has 0 radical (unpaired) electrons. The Morgan fingerprint density at radius 1 is 1.39 bits per heavy atom. The van der Waals surface area contributed by atoms with Crippen LogP contribution in [0, 0.1) is 0 Å². The molecule has 0 saturated carbocycles. The number of nitrogens with one attached hydrogen (secondary N) is 2. The predicted molar refractivity (Wildman–Crippen MR) is 69.4 cm³/mol. The van der Waals surface area contributed by atoms with Crippen molar-refractivity contribution in [3.8, 4) is 0 Å². The first-order valence-electron chi connectivity index (χ1n) is 5.83. The first-order valence-corrected chi connectivity index (χ1v) is 7.37. The minimum Gasteiger partial charge on any atom is -0.324 e. The SMILES string of the molecule is CCc1ccc2c(c1)S(=O)(=O)C(CNC)C(=O)N2. The number of rotatable bonds is 3. The summed E-state index contributed by atoms with van der Waals surface area (Å²) < 4.78 is 24.7. The van der Waals surface area contributed by atoms with Gasteiger partial charge in [-0.25, -0.2) is 8.42 Å². The average Bonchev–Trinajstić information content (AvgIpc) is 2.34. The maximum atomic E-state index is 12.4. The van der Waals surface area contributed by atoms with E-state index in [2.05, 4.69) is 10.6 Å². The van der Waals surface area contributed by atoms with Crippen molar-refractivity contribution in [2.24, 2.45) is 0 Å². The standard InChI is InChI=1S/C12H16N2O3S/c1-3-8-4-5-9-10(6-8)18(16,17)11(7-13-2)12(15)14-9/h4-6,11,13H,3,7H2,1-2H3,(H,14,15). The molecule has 0 spiro atoms. The number of fused-ring (bicyclic) bond motifs is 1. The van der Waals surface area contributed by atoms with Crippen molar-refractivity contribution >= 4 is 21.4 Å². The number of hydrogen-bond donors (Lipinski definition) is 2. The van der Waals surface area contributed by atoms with Crippen LogP contribution in [0.15, 0.2) is 23.1 Å². The van der Waals surface area contributed by atoms with Gasteiger partial charge in [0.2, 0.25) is 5.91 Å². The molecule has 1 heterocycles. The summed E-state index contributed by atoms with van der Waals surface area (Å²) in [7, 11) is -1.98. The summed E-state index contributed by atoms with van der Waals surface area (Å²) in [5.74, 6) is -0.471. The van der Waals surface area contributed by atoms with Crippen molar-refractivity contribution in [1.29, 1.82) is 0 Å². The van der Waals surface area contributed by atoms with Crippen LogP contribution in [-0.2, 0) is 21.1 Å². The molecule has 1 aromatic carbocycles. The van der Waals surface area contributed by atoms with Crippen LogP contribution in [0.4, 0.5) is 5.69 Å². The van der Waals surface area contributed by atoms with Crippen LogP contribution in [0.3, 0.4) is 0 Å². The van der Waals surface area contributed by atoms with Gasteiger partial charge in [0.25, 0.3) is 0 Å². The number of amides is 1. The van der Waals surface area contributed by atoms with Crippen LogP contribution in [0.5, 0.6) is 0 Å². The van der Waals surface area contributed by atoms with Crippen molar-refractivity contribution in [1.82, 2.24) is 5.32 Å². The lowest BCUT2D eigenvalue weighted by atomic mass is 10.1. The smallest absolute Gasteiger partial charge is 0.244 e. The van der Waals surface area contributed by atoms with Crippen LogP contribution in [0.25, 0.3) is 0 Å². The van der Waals surface area contributed by atoms with Crippen molar-refractivity contribution in [2.45, 2.75) is 23.5 Å². The van der Waals surface area contributed by atoms with Crippen molar-refractivity contribution in [2.75, 3.05) is 18.9 Å². The Morgan fingerprint density at radius 2 is 2.11 bits per heavy atom. The zero-order chi connectivity index (χ0) is 13.3. The van der Waals surface area contributed by atoms with Crippen LogP contribution in [0.1, 0.15) is 12.5 Å². The number of anilines is 1. The lowest BCUT2D eigenvalue weighted by molar-refractivity contribution is -0.115. The fourth-order valence-electron chi connectivity index (χ4n) is 2.02. The van der Waals surface area contributed by atoms with E-state index in [9.17, 15) is 13.2 Å². The Balaban J connectivity index is 2.57. The van der Waals surface area contributed by atoms with E-state index >= 15 is 0 Å². The Hall–Kier alpha value is -1.40. The zero-order valence-corrected chi connectivity index (χ0v) is 11.2. The van der Waals surface area contributed by atoms with Crippen molar-refractivity contribution in [3.05, 3.63) is 23.8 Å². The summed E-state index contributed by atoms with van der Waals surface area (Å²) in [4.78, 5) is 12.0. The quantitative estimate of drug-likeness (QED) is 0.840. The highest BCUT2D eigenvalue weighted by Gasteiger charge is 2.39. The second kappa shape index (κ2) is 4.70. The van der Waals surface area contributed by atoms with Gasteiger partial charge in [0.1, 0.15) is 0 Å². The van der Waals surface area contributed by atoms with Gasteiger partial charge in [0.15, 0.2) is 15.1 Å². The summed E-state index contributed by atoms with van der Waals surface area (Å²) in [5, 5.41) is 4.33. The molecule has 0 aromatic heterocycles. The van der Waals surface area contributed by atoms with E-state index < -0.39 is 21.0 Å². The number of sulfone groups is 1. The number of carbonyl (C=O) groups excluding carboxylic acids is 1. The molecule has 1 aromatic rings. The third-order valence-electron chi connectivity index (χ3n) is 3.08. The summed E-state index contributed by atoms with van der Waals surface area (Å²) in [6, 6.07) is 5.12. The van der Waals surface area contributed by atoms with Gasteiger partial charge in [0.05, 0.1) is 10.6 Å². The Bertz CT molecular complexity index is 581. The van der Waals surface area contributed by atoms with Gasteiger partial charge >= 0.3 is 0 Å². The third kappa shape index (κ3) is 2.02. The number of aryl methyl sites for hydroxylation is 1. The van der Waals surface area contributed by atoms with E-state index in [1.54, 1.807) is 19.2 Å². The highest BCUT2D eigenvalue weighted by atomic mass is 32.2. The first-order chi connectivity index (χ1) is 8.50. The molecule has 0 saturated heterocycles. The molecule has 18 heavy (non-hydrogen) atoms. The molecule has 5 nitrogen and oxygen atoms in total. The minimum absolute atomic E-state index is 0.115. The van der Waals surface area contributed by atoms with E-state index in [1.165, 1.54) is 0 Å². The normalized spacial score (nSPS) is 21.2. The number of hydrogen-bond acceptors (Lipinski definition) is 4. The van der Waals surface area contributed by atoms with Crippen LogP contribution in [0.2, 0.25) is 0 Å². The van der Waals surface area contributed by atoms with Gasteiger partial charge in [-0.3, -0.25) is 4.79 Å². The Kier molecular flexibility index (Phi) is 3.41. The van der Waals surface area contributed by atoms with Gasteiger partial charge in [0, 0.05) is 6.54 Å². The van der Waals surface area contributed by atoms with Crippen LogP contribution in [-0.4, -0.2) is 33.2 Å². The first kappa shape index (κ1) is 13.0. The molecule has 1 aliphatic heterocycles. The molecule has 1 aliphatic rings. The predicted octanol–water partition coefficient (Wildman–Crippen LogP) is 0.563. The molecular weight excluding hydrogens is 252 g/mol. The van der Waals surface area contributed by atoms with E-state index in [0.29, 0.717) is 5.69 Å². The van der Waals surface area contributed by atoms with Crippen LogP contribution < -0.4 is 10.6 Å². The second-order valence-corrected chi connectivity index (χ2v) is 6.36. The second-order valence-electron chi connectivity index (χ2n) is 4.26. The van der Waals surface area contributed by atoms with Crippen molar-refractivity contribution < 1.29 is 13.2 Å². The van der Waals surface area contributed by atoms with Gasteiger partial charge in [-0.1, -0.05) is 13.0 Å². The van der Waals surface area contributed by atoms with Crippen molar-refractivity contribution in [3.63, 3.8) is 0 Å². The zero-order valence-electron chi connectivity index (χ0n) is 10.4. The van der Waals surface area contributed by atoms with E-state index in [0.717, 1.165) is 12.0 Å². The van der Waals surface area contributed by atoms with E-state index in [4.69, 9.17) is 0 Å². The van der Waals surface area contributed by atoms with Gasteiger partial charge in [-0.05, 0) is 31.2 Å². The maximum Gasteiger partial charge on any atom is 0.244 e. The molecule has 6 heteroatoms. The topological polar surface area (TPSA) is 75.3 Å². The molecular formula is C12H16N2O3S. The molecule has 98 valence electrons. The lowest BCUT2D eigenvalue weighted by Crippen LogP contribution is -2.45. The molecule has 1 unspecified atom stereocenters. The highest BCUT2D eigenvalue weighted by Crippen LogP contribution is 2.31. The number of benzene rings is 1. The fourth-order valence-corrected chi connectivity index (χ4v) is 3.80. The monoisotopic (exact) mass is 268 g/mol. The largest absolute Gasteiger partial charge is 0.324 e. The fraction of sp³-hybridized carbons (Fsp3) is 0.417. The average molecular weight is 268 g/mol. The summed E-state index contributed by atoms with van der Waals surface area (Å²) in [6.45, 7) is 2.07. The lowest BCUT2D eigenvalue weighted by Gasteiger charge is -2.25. The molecule has 2 rings (SSSR count). The molecule has 1 atom stereocenters. The summed E-state index contributed by atoms with van der Waals surface area (Å²) in [6.07, 6.45) is 0.757. The minimum atomic E-state index is -3.60.